The highest BCUT2D eigenvalue weighted by atomic mass is 19.4. The van der Waals surface area contributed by atoms with E-state index in [4.69, 9.17) is 4.74 Å². The summed E-state index contributed by atoms with van der Waals surface area (Å²) in [7, 11) is 1.41. The standard InChI is InChI=1S/C10H14F5NO2/c1-8(2)5(4-6(8)18-3)16-7(17)9(11,12)10(13,14)15/h5-6H,4H2,1-3H3,(H,16,17). The van der Waals surface area contributed by atoms with Crippen LogP contribution in [0.2, 0.25) is 0 Å². The van der Waals surface area contributed by atoms with Gasteiger partial charge in [-0.3, -0.25) is 4.79 Å². The molecule has 0 aromatic heterocycles. The summed E-state index contributed by atoms with van der Waals surface area (Å²) in [5.41, 5.74) is -0.675. The maximum atomic E-state index is 12.7. The number of hydrogen-bond donors (Lipinski definition) is 1. The summed E-state index contributed by atoms with van der Waals surface area (Å²) in [5.74, 6) is -7.69. The van der Waals surface area contributed by atoms with Crippen molar-refractivity contribution in [1.29, 1.82) is 0 Å². The molecule has 0 aliphatic heterocycles. The first-order chi connectivity index (χ1) is 7.94. The topological polar surface area (TPSA) is 38.3 Å². The minimum Gasteiger partial charge on any atom is -0.381 e. The van der Waals surface area contributed by atoms with Crippen LogP contribution in [-0.4, -0.2) is 37.3 Å². The molecule has 1 aliphatic carbocycles. The highest BCUT2D eigenvalue weighted by Crippen LogP contribution is 2.43. The predicted octanol–water partition coefficient (Wildman–Crippen LogP) is 2.11. The molecule has 0 aromatic rings. The van der Waals surface area contributed by atoms with Crippen LogP contribution >= 0.6 is 0 Å². The van der Waals surface area contributed by atoms with Gasteiger partial charge < -0.3 is 10.1 Å². The van der Waals surface area contributed by atoms with Crippen LogP contribution in [0.4, 0.5) is 22.0 Å². The molecule has 1 N–H and O–H groups in total. The first kappa shape index (κ1) is 15.1. The Bertz CT molecular complexity index is 340. The monoisotopic (exact) mass is 275 g/mol. The van der Waals surface area contributed by atoms with E-state index in [2.05, 4.69) is 0 Å². The zero-order valence-corrected chi connectivity index (χ0v) is 10.1. The number of halogens is 5. The van der Waals surface area contributed by atoms with E-state index in [0.29, 0.717) is 0 Å². The van der Waals surface area contributed by atoms with Gasteiger partial charge in [0, 0.05) is 18.6 Å². The molecule has 3 nitrogen and oxygen atoms in total. The SMILES string of the molecule is COC1CC(NC(=O)C(F)(F)C(F)(F)F)C1(C)C. The normalized spacial score (nSPS) is 27.6. The van der Waals surface area contributed by atoms with Crippen molar-refractivity contribution in [3.05, 3.63) is 0 Å². The number of amides is 1. The van der Waals surface area contributed by atoms with Crippen LogP contribution in [0.15, 0.2) is 0 Å². The quantitative estimate of drug-likeness (QED) is 0.801. The molecule has 2 atom stereocenters. The molecular formula is C10H14F5NO2. The van der Waals surface area contributed by atoms with Gasteiger partial charge in [-0.25, -0.2) is 0 Å². The van der Waals surface area contributed by atoms with Crippen molar-refractivity contribution >= 4 is 5.91 Å². The molecule has 1 fully saturated rings. The number of nitrogens with one attached hydrogen (secondary N) is 1. The number of alkyl halides is 5. The van der Waals surface area contributed by atoms with E-state index in [1.165, 1.54) is 7.11 Å². The van der Waals surface area contributed by atoms with Crippen molar-refractivity contribution in [3.8, 4) is 0 Å². The van der Waals surface area contributed by atoms with Gasteiger partial charge in [-0.15, -0.1) is 0 Å². The Kier molecular flexibility index (Phi) is 3.64. The molecule has 1 amide bonds. The summed E-state index contributed by atoms with van der Waals surface area (Å²) >= 11 is 0. The van der Waals surface area contributed by atoms with Crippen LogP contribution in [0.25, 0.3) is 0 Å². The van der Waals surface area contributed by atoms with E-state index < -0.39 is 29.5 Å². The zero-order valence-electron chi connectivity index (χ0n) is 10.1. The minimum atomic E-state index is -5.88. The smallest absolute Gasteiger partial charge is 0.381 e. The van der Waals surface area contributed by atoms with Crippen LogP contribution in [0.5, 0.6) is 0 Å². The molecule has 2 unspecified atom stereocenters. The van der Waals surface area contributed by atoms with Gasteiger partial charge in [-0.1, -0.05) is 13.8 Å². The third-order valence-corrected chi connectivity index (χ3v) is 3.41. The number of ether oxygens (including phenoxy) is 1. The fourth-order valence-electron chi connectivity index (χ4n) is 1.91. The first-order valence-electron chi connectivity index (χ1n) is 5.23. The predicted molar refractivity (Wildman–Crippen MR) is 52.1 cm³/mol. The van der Waals surface area contributed by atoms with Crippen molar-refractivity contribution in [3.63, 3.8) is 0 Å². The van der Waals surface area contributed by atoms with Gasteiger partial charge >= 0.3 is 18.0 Å². The van der Waals surface area contributed by atoms with E-state index >= 15 is 0 Å². The van der Waals surface area contributed by atoms with Gasteiger partial charge in [0.2, 0.25) is 0 Å². The maximum Gasteiger partial charge on any atom is 0.463 e. The fourth-order valence-corrected chi connectivity index (χ4v) is 1.91. The highest BCUT2D eigenvalue weighted by Gasteiger charge is 2.64. The molecule has 0 radical (unpaired) electrons. The molecule has 18 heavy (non-hydrogen) atoms. The zero-order chi connectivity index (χ0) is 14.4. The summed E-state index contributed by atoms with van der Waals surface area (Å²) in [6, 6.07) is -0.761. The number of rotatable bonds is 3. The van der Waals surface area contributed by atoms with E-state index in [0.717, 1.165) is 0 Å². The van der Waals surface area contributed by atoms with Crippen molar-refractivity contribution < 1.29 is 31.5 Å². The maximum absolute atomic E-state index is 12.7. The molecule has 106 valence electrons. The fraction of sp³-hybridized carbons (Fsp3) is 0.900. The first-order valence-corrected chi connectivity index (χ1v) is 5.23. The van der Waals surface area contributed by atoms with Crippen LogP contribution in [0.3, 0.4) is 0 Å². The van der Waals surface area contributed by atoms with Gasteiger partial charge in [0.05, 0.1) is 6.10 Å². The van der Waals surface area contributed by atoms with E-state index in [1.807, 2.05) is 0 Å². The number of carbonyl (C=O) groups excluding carboxylic acids is 1. The van der Waals surface area contributed by atoms with E-state index in [1.54, 1.807) is 19.2 Å². The summed E-state index contributed by atoms with van der Waals surface area (Å²) in [5, 5.41) is 1.73. The van der Waals surface area contributed by atoms with Gasteiger partial charge in [-0.2, -0.15) is 22.0 Å². The molecule has 0 bridgehead atoms. The number of hydrogen-bond acceptors (Lipinski definition) is 2. The molecule has 1 rings (SSSR count). The Morgan fingerprint density at radius 2 is 1.78 bits per heavy atom. The van der Waals surface area contributed by atoms with Gasteiger partial charge in [0.1, 0.15) is 0 Å². The second kappa shape index (κ2) is 4.32. The molecule has 0 aromatic carbocycles. The summed E-state index contributed by atoms with van der Waals surface area (Å²) in [4.78, 5) is 11.0. The van der Waals surface area contributed by atoms with Gasteiger partial charge in [0.15, 0.2) is 0 Å². The lowest BCUT2D eigenvalue weighted by Crippen LogP contribution is -2.65. The third kappa shape index (κ3) is 2.30. The lowest BCUT2D eigenvalue weighted by Gasteiger charge is -2.51. The van der Waals surface area contributed by atoms with Gasteiger partial charge in [-0.05, 0) is 6.42 Å². The molecular weight excluding hydrogens is 261 g/mol. The van der Waals surface area contributed by atoms with E-state index in [-0.39, 0.29) is 12.5 Å². The molecule has 1 saturated carbocycles. The molecule has 0 spiro atoms. The third-order valence-electron chi connectivity index (χ3n) is 3.41. The Labute approximate surface area is 101 Å². The average Bonchev–Trinajstić information content (AvgIpc) is 2.21. The summed E-state index contributed by atoms with van der Waals surface area (Å²) in [6.45, 7) is 3.25. The van der Waals surface area contributed by atoms with Crippen molar-refractivity contribution in [1.82, 2.24) is 5.32 Å². The summed E-state index contributed by atoms with van der Waals surface area (Å²) < 4.78 is 66.3. The Hall–Kier alpha value is -0.920. The van der Waals surface area contributed by atoms with Crippen LogP contribution in [0.1, 0.15) is 20.3 Å². The molecule has 8 heteroatoms. The second-order valence-corrected chi connectivity index (χ2v) is 4.88. The molecule has 0 heterocycles. The lowest BCUT2D eigenvalue weighted by molar-refractivity contribution is -0.271. The highest BCUT2D eigenvalue weighted by molar-refractivity contribution is 5.84. The Morgan fingerprint density at radius 1 is 1.28 bits per heavy atom. The summed E-state index contributed by atoms with van der Waals surface area (Å²) in [6.07, 6.45) is -5.95. The largest absolute Gasteiger partial charge is 0.463 e. The number of carbonyl (C=O) groups is 1. The van der Waals surface area contributed by atoms with Crippen molar-refractivity contribution in [2.45, 2.75) is 44.5 Å². The van der Waals surface area contributed by atoms with Crippen molar-refractivity contribution in [2.75, 3.05) is 7.11 Å². The minimum absolute atomic E-state index is 0.211. The lowest BCUT2D eigenvalue weighted by atomic mass is 9.64. The Balaban J connectivity index is 2.69. The van der Waals surface area contributed by atoms with Crippen molar-refractivity contribution in [2.24, 2.45) is 5.41 Å². The van der Waals surface area contributed by atoms with E-state index in [9.17, 15) is 26.7 Å². The van der Waals surface area contributed by atoms with Crippen LogP contribution in [-0.2, 0) is 9.53 Å². The molecule has 0 saturated heterocycles. The van der Waals surface area contributed by atoms with Gasteiger partial charge in [0.25, 0.3) is 0 Å². The Morgan fingerprint density at radius 3 is 2.11 bits per heavy atom. The molecule has 1 aliphatic rings. The van der Waals surface area contributed by atoms with Crippen LogP contribution in [0, 0.1) is 5.41 Å². The number of methoxy groups -OCH3 is 1. The van der Waals surface area contributed by atoms with Crippen LogP contribution < -0.4 is 5.32 Å². The average molecular weight is 275 g/mol. The second-order valence-electron chi connectivity index (χ2n) is 4.88.